The van der Waals surface area contributed by atoms with E-state index in [9.17, 15) is 0 Å². The van der Waals surface area contributed by atoms with Gasteiger partial charge in [0.15, 0.2) is 11.5 Å². The average molecular weight is 409 g/mol. The summed E-state index contributed by atoms with van der Waals surface area (Å²) in [6.07, 6.45) is 0. The zero-order valence-corrected chi connectivity index (χ0v) is 14.6. The second-order valence-electron chi connectivity index (χ2n) is 4.58. The molecule has 0 fully saturated rings. The average Bonchev–Trinajstić information content (AvgIpc) is 2.44. The van der Waals surface area contributed by atoms with E-state index in [4.69, 9.17) is 44.3 Å². The molecule has 110 valence electrons. The molecule has 0 radical (unpaired) electrons. The van der Waals surface area contributed by atoms with E-state index in [-0.39, 0.29) is 4.83 Å². The lowest BCUT2D eigenvalue weighted by Gasteiger charge is -2.21. The molecule has 0 bridgehead atoms. The molecule has 2 aromatic carbocycles. The van der Waals surface area contributed by atoms with E-state index in [1.54, 1.807) is 12.1 Å². The van der Waals surface area contributed by atoms with Crippen LogP contribution in [0.4, 0.5) is 0 Å². The van der Waals surface area contributed by atoms with Crippen molar-refractivity contribution >= 4 is 50.7 Å². The van der Waals surface area contributed by atoms with Crippen LogP contribution in [-0.4, -0.2) is 13.2 Å². The van der Waals surface area contributed by atoms with E-state index in [1.165, 1.54) is 0 Å². The summed E-state index contributed by atoms with van der Waals surface area (Å²) in [6, 6.07) is 9.04. The molecule has 0 saturated heterocycles. The molecule has 0 N–H and O–H groups in total. The highest BCUT2D eigenvalue weighted by Crippen LogP contribution is 2.43. The molecule has 2 aromatic rings. The van der Waals surface area contributed by atoms with Crippen LogP contribution in [0.2, 0.25) is 15.1 Å². The Hall–Kier alpha value is -0.610. The van der Waals surface area contributed by atoms with Crippen LogP contribution in [0.1, 0.15) is 16.0 Å². The first-order valence-electron chi connectivity index (χ1n) is 6.23. The third-order valence-electron chi connectivity index (χ3n) is 3.11. The molecule has 0 saturated carbocycles. The van der Waals surface area contributed by atoms with E-state index in [0.717, 1.165) is 11.1 Å². The van der Waals surface area contributed by atoms with Gasteiger partial charge in [-0.15, -0.1) is 0 Å². The number of ether oxygens (including phenoxy) is 2. The Balaban J connectivity index is 2.02. The maximum absolute atomic E-state index is 6.35. The summed E-state index contributed by atoms with van der Waals surface area (Å²) in [4.78, 5) is -0.142. The van der Waals surface area contributed by atoms with Crippen molar-refractivity contribution in [3.63, 3.8) is 0 Å². The van der Waals surface area contributed by atoms with Gasteiger partial charge in [0.1, 0.15) is 13.2 Å². The summed E-state index contributed by atoms with van der Waals surface area (Å²) in [6.45, 7) is 1.06. The van der Waals surface area contributed by atoms with Gasteiger partial charge in [-0.25, -0.2) is 0 Å². The summed E-state index contributed by atoms with van der Waals surface area (Å²) < 4.78 is 11.1. The van der Waals surface area contributed by atoms with Gasteiger partial charge in [0, 0.05) is 21.1 Å². The van der Waals surface area contributed by atoms with Crippen molar-refractivity contribution in [2.75, 3.05) is 13.2 Å². The van der Waals surface area contributed by atoms with Crippen molar-refractivity contribution in [2.24, 2.45) is 0 Å². The van der Waals surface area contributed by atoms with E-state index in [2.05, 4.69) is 15.9 Å². The molecule has 1 heterocycles. The summed E-state index contributed by atoms with van der Waals surface area (Å²) in [5.41, 5.74) is 1.80. The lowest BCUT2D eigenvalue weighted by atomic mass is 10.0. The van der Waals surface area contributed by atoms with Crippen molar-refractivity contribution in [3.8, 4) is 11.5 Å². The first-order valence-corrected chi connectivity index (χ1v) is 8.28. The third kappa shape index (κ3) is 3.26. The molecule has 0 aliphatic carbocycles. The largest absolute Gasteiger partial charge is 0.486 e. The molecule has 1 unspecified atom stereocenters. The van der Waals surface area contributed by atoms with Crippen LogP contribution in [0.5, 0.6) is 11.5 Å². The van der Waals surface area contributed by atoms with Gasteiger partial charge >= 0.3 is 0 Å². The van der Waals surface area contributed by atoms with Crippen LogP contribution in [0.15, 0.2) is 30.3 Å². The molecule has 1 aliphatic heterocycles. The van der Waals surface area contributed by atoms with Crippen molar-refractivity contribution in [2.45, 2.75) is 4.83 Å². The van der Waals surface area contributed by atoms with Crippen molar-refractivity contribution in [3.05, 3.63) is 56.5 Å². The van der Waals surface area contributed by atoms with Crippen LogP contribution >= 0.6 is 50.7 Å². The zero-order chi connectivity index (χ0) is 15.0. The predicted octanol–water partition coefficient (Wildman–Crippen LogP) is 5.90. The van der Waals surface area contributed by atoms with Gasteiger partial charge in [0.2, 0.25) is 0 Å². The summed E-state index contributed by atoms with van der Waals surface area (Å²) in [7, 11) is 0. The number of hydrogen-bond acceptors (Lipinski definition) is 2. The van der Waals surface area contributed by atoms with Gasteiger partial charge in [-0.3, -0.25) is 0 Å². The number of fused-ring (bicyclic) bond motifs is 1. The standard InChI is InChI=1S/C15H10BrCl3O2/c16-15(8-3-9(17)5-10(18)4-8)11-6-13-14(7-12(11)19)21-2-1-20-13/h3-7,15H,1-2H2. The third-order valence-corrected chi connectivity index (χ3v) is 4.90. The number of hydrogen-bond donors (Lipinski definition) is 0. The Morgan fingerprint density at radius 1 is 0.857 bits per heavy atom. The number of rotatable bonds is 2. The molecule has 0 spiro atoms. The van der Waals surface area contributed by atoms with Gasteiger partial charge in [-0.1, -0.05) is 50.7 Å². The molecular formula is C15H10BrCl3O2. The van der Waals surface area contributed by atoms with Gasteiger partial charge in [0.05, 0.1) is 4.83 Å². The van der Waals surface area contributed by atoms with Crippen LogP contribution in [-0.2, 0) is 0 Å². The number of benzene rings is 2. The molecule has 1 aliphatic rings. The summed E-state index contributed by atoms with van der Waals surface area (Å²) in [5, 5.41) is 1.75. The normalized spacial score (nSPS) is 14.9. The van der Waals surface area contributed by atoms with Crippen LogP contribution < -0.4 is 9.47 Å². The fraction of sp³-hybridized carbons (Fsp3) is 0.200. The Labute approximate surface area is 146 Å². The van der Waals surface area contributed by atoms with Gasteiger partial charge in [-0.2, -0.15) is 0 Å². The minimum absolute atomic E-state index is 0.142. The topological polar surface area (TPSA) is 18.5 Å². The van der Waals surface area contributed by atoms with Crippen LogP contribution in [0.25, 0.3) is 0 Å². The second kappa shape index (κ2) is 6.25. The van der Waals surface area contributed by atoms with Crippen molar-refractivity contribution in [1.82, 2.24) is 0 Å². The second-order valence-corrected chi connectivity index (χ2v) is 6.78. The fourth-order valence-electron chi connectivity index (χ4n) is 2.17. The monoisotopic (exact) mass is 406 g/mol. The minimum Gasteiger partial charge on any atom is -0.486 e. The van der Waals surface area contributed by atoms with E-state index in [1.807, 2.05) is 18.2 Å². The molecule has 0 amide bonds. The Morgan fingerprint density at radius 2 is 1.43 bits per heavy atom. The lowest BCUT2D eigenvalue weighted by Crippen LogP contribution is -2.15. The van der Waals surface area contributed by atoms with Crippen LogP contribution in [0, 0.1) is 0 Å². The van der Waals surface area contributed by atoms with Crippen molar-refractivity contribution in [1.29, 1.82) is 0 Å². The Kier molecular flexibility index (Phi) is 4.55. The van der Waals surface area contributed by atoms with Gasteiger partial charge in [0.25, 0.3) is 0 Å². The summed E-state index contributed by atoms with van der Waals surface area (Å²) in [5.74, 6) is 1.36. The quantitative estimate of drug-likeness (QED) is 0.576. The smallest absolute Gasteiger partial charge is 0.162 e. The lowest BCUT2D eigenvalue weighted by molar-refractivity contribution is 0.171. The first-order chi connectivity index (χ1) is 10.0. The minimum atomic E-state index is -0.142. The fourth-order valence-corrected chi connectivity index (χ4v) is 3.76. The highest BCUT2D eigenvalue weighted by Gasteiger charge is 2.20. The molecule has 3 rings (SSSR count). The molecular weight excluding hydrogens is 398 g/mol. The number of halogens is 4. The molecule has 6 heteroatoms. The predicted molar refractivity (Wildman–Crippen MR) is 89.7 cm³/mol. The molecule has 2 nitrogen and oxygen atoms in total. The highest BCUT2D eigenvalue weighted by molar-refractivity contribution is 9.09. The molecule has 0 aromatic heterocycles. The van der Waals surface area contributed by atoms with Crippen LogP contribution in [0.3, 0.4) is 0 Å². The molecule has 21 heavy (non-hydrogen) atoms. The van der Waals surface area contributed by atoms with E-state index >= 15 is 0 Å². The van der Waals surface area contributed by atoms with E-state index < -0.39 is 0 Å². The maximum atomic E-state index is 6.35. The number of alkyl halides is 1. The Bertz CT molecular complexity index is 671. The SMILES string of the molecule is Clc1cc(Cl)cc(C(Br)c2cc3c(cc2Cl)OCCO3)c1. The first kappa shape index (κ1) is 15.3. The molecule has 1 atom stereocenters. The zero-order valence-electron chi connectivity index (χ0n) is 10.7. The Morgan fingerprint density at radius 3 is 2.05 bits per heavy atom. The van der Waals surface area contributed by atoms with Crippen molar-refractivity contribution < 1.29 is 9.47 Å². The summed E-state index contributed by atoms with van der Waals surface area (Å²) >= 11 is 22.1. The van der Waals surface area contributed by atoms with Gasteiger partial charge < -0.3 is 9.47 Å². The maximum Gasteiger partial charge on any atom is 0.162 e. The highest BCUT2D eigenvalue weighted by atomic mass is 79.9. The van der Waals surface area contributed by atoms with E-state index in [0.29, 0.717) is 39.8 Å². The van der Waals surface area contributed by atoms with Gasteiger partial charge in [-0.05, 0) is 35.4 Å².